The number of hydrogen-bond donors (Lipinski definition) is 0. The summed E-state index contributed by atoms with van der Waals surface area (Å²) in [7, 11) is -4.87. The van der Waals surface area contributed by atoms with Gasteiger partial charge in [0.15, 0.2) is 0 Å². The van der Waals surface area contributed by atoms with Crippen LogP contribution in [-0.4, -0.2) is 48.7 Å². The second-order valence-electron chi connectivity index (χ2n) is 9.81. The molecule has 2 aliphatic rings. The summed E-state index contributed by atoms with van der Waals surface area (Å²) in [6.45, 7) is -2.03. The molecule has 41 heavy (non-hydrogen) atoms. The van der Waals surface area contributed by atoms with Crippen molar-refractivity contribution in [2.24, 2.45) is 0 Å². The van der Waals surface area contributed by atoms with Crippen LogP contribution in [0.25, 0.3) is 5.57 Å². The molecule has 4 aromatic rings. The molecule has 0 N–H and O–H groups in total. The zero-order valence-corrected chi connectivity index (χ0v) is 23.9. The summed E-state index contributed by atoms with van der Waals surface area (Å²) in [6.07, 6.45) is 6.62. The van der Waals surface area contributed by atoms with Gasteiger partial charge in [-0.15, -0.1) is 0 Å². The van der Waals surface area contributed by atoms with Gasteiger partial charge in [-0.25, -0.2) is 0 Å². The Morgan fingerprint density at radius 2 is 1.49 bits per heavy atom. The van der Waals surface area contributed by atoms with Crippen molar-refractivity contribution in [2.45, 2.75) is 13.0 Å². The van der Waals surface area contributed by atoms with Gasteiger partial charge in [-0.05, 0) is 0 Å². The zero-order valence-electron chi connectivity index (χ0n) is 22.2. The Balaban J connectivity index is 1.50. The molecule has 0 aliphatic carbocycles. The van der Waals surface area contributed by atoms with Crippen molar-refractivity contribution in [1.29, 1.82) is 0 Å². The number of hydroxylamine groups is 2. The van der Waals surface area contributed by atoms with Gasteiger partial charge in [0.05, 0.1) is 0 Å². The van der Waals surface area contributed by atoms with Crippen molar-refractivity contribution in [2.75, 3.05) is 13.1 Å². The van der Waals surface area contributed by atoms with Crippen molar-refractivity contribution in [3.05, 3.63) is 127 Å². The van der Waals surface area contributed by atoms with Crippen LogP contribution in [0.15, 0.2) is 126 Å². The van der Waals surface area contributed by atoms with Crippen molar-refractivity contribution >= 4 is 44.7 Å². The van der Waals surface area contributed by atoms with E-state index in [1.54, 1.807) is 18.3 Å². The predicted molar refractivity (Wildman–Crippen MR) is 158 cm³/mol. The van der Waals surface area contributed by atoms with E-state index < -0.39 is 29.3 Å². The maximum atomic E-state index is 14.1. The summed E-state index contributed by atoms with van der Waals surface area (Å²) < 4.78 is 45.3. The average Bonchev–Trinajstić information content (AvgIpc) is 3.62. The van der Waals surface area contributed by atoms with E-state index in [4.69, 9.17) is 12.8 Å². The van der Waals surface area contributed by atoms with Crippen LogP contribution in [0.5, 0.6) is 0 Å². The minimum atomic E-state index is -4.87. The molecule has 0 radical (unpaired) electrons. The fraction of sp³-hybridized carbons (Fsp3) is 0.133. The first-order valence-electron chi connectivity index (χ1n) is 13.0. The van der Waals surface area contributed by atoms with Crippen LogP contribution >= 0.6 is 6.83 Å². The molecule has 6 rings (SSSR count). The minimum absolute atomic E-state index is 0.271. The molecule has 0 spiro atoms. The Bertz CT molecular complexity index is 1610. The van der Waals surface area contributed by atoms with Gasteiger partial charge >= 0.3 is 239 Å². The zero-order chi connectivity index (χ0) is 28.5. The molecule has 1 aromatic heterocycles. The predicted octanol–water partition coefficient (Wildman–Crippen LogP) is 4.35. The van der Waals surface area contributed by atoms with Gasteiger partial charge in [0.2, 0.25) is 0 Å². The topological polar surface area (TPSA) is 102 Å². The van der Waals surface area contributed by atoms with Crippen LogP contribution in [0, 0.1) is 0 Å². The Hall–Kier alpha value is -4.08. The number of fused-ring (bicyclic) bond motifs is 2. The molecule has 1 saturated heterocycles. The third kappa shape index (κ3) is 4.49. The number of carbonyl (C=O) groups excluding carboxylic acids is 1. The van der Waals surface area contributed by atoms with Gasteiger partial charge in [-0.3, -0.25) is 0 Å². The number of benzene rings is 3. The van der Waals surface area contributed by atoms with Crippen molar-refractivity contribution in [3.8, 4) is 0 Å². The maximum absolute atomic E-state index is 14.1. The summed E-state index contributed by atoms with van der Waals surface area (Å²) in [5.74, 6) is 1.84. The van der Waals surface area contributed by atoms with Crippen LogP contribution in [0.1, 0.15) is 12.5 Å². The number of carbonyl (C=O) groups is 1. The van der Waals surface area contributed by atoms with Crippen LogP contribution in [-0.2, 0) is 18.7 Å². The number of rotatable bonds is 9. The molecule has 210 valence electrons. The van der Waals surface area contributed by atoms with Gasteiger partial charge in [-0.2, -0.15) is 0 Å². The number of amides is 2. The van der Waals surface area contributed by atoms with E-state index >= 15 is 0 Å². The van der Waals surface area contributed by atoms with Gasteiger partial charge in [-0.1, -0.05) is 0 Å². The standard InChI is InChI=1S/C30H28N3O6PS/c1-2-18-40(27-12-6-3-7-13-27,28-14-8-4-9-15-28,29-16-10-5-11-17-29)39-41(35,36)38-33-26-19-24(25-20-31-37-23-25)21-32(22-26)30(33)34/h2-20,23,26H,21-22H2,1H3. The fourth-order valence-electron chi connectivity index (χ4n) is 5.66. The quantitative estimate of drug-likeness (QED) is 0.268. The molecule has 0 saturated carbocycles. The molecule has 1 unspecified atom stereocenters. The van der Waals surface area contributed by atoms with E-state index in [2.05, 4.69) is 5.16 Å². The van der Waals surface area contributed by atoms with Crippen LogP contribution in [0.3, 0.4) is 0 Å². The van der Waals surface area contributed by atoms with Crippen molar-refractivity contribution in [3.63, 3.8) is 0 Å². The van der Waals surface area contributed by atoms with Crippen molar-refractivity contribution in [1.82, 2.24) is 15.1 Å². The molecular formula is C30H28N3O6PS. The van der Waals surface area contributed by atoms with Gasteiger partial charge in [0.1, 0.15) is 0 Å². The molecule has 3 aromatic carbocycles. The first-order valence-corrected chi connectivity index (χ1v) is 16.6. The normalized spacial score (nSPS) is 18.4. The molecule has 2 bridgehead atoms. The summed E-state index contributed by atoms with van der Waals surface area (Å²) in [4.78, 5) is 14.8. The number of allylic oxidation sites excluding steroid dienone is 1. The number of aromatic nitrogens is 1. The molecule has 11 heteroatoms. The van der Waals surface area contributed by atoms with E-state index in [0.717, 1.165) is 10.6 Å². The van der Waals surface area contributed by atoms with Crippen LogP contribution in [0.2, 0.25) is 0 Å². The second kappa shape index (κ2) is 10.4. The van der Waals surface area contributed by atoms with Crippen molar-refractivity contribution < 1.29 is 26.0 Å². The first kappa shape index (κ1) is 27.1. The molecule has 2 aliphatic heterocycles. The van der Waals surface area contributed by atoms with Gasteiger partial charge < -0.3 is 0 Å². The molecule has 9 nitrogen and oxygen atoms in total. The fourth-order valence-corrected chi connectivity index (χ4v) is 13.2. The number of nitrogens with zero attached hydrogens (tertiary/aromatic N) is 3. The SMILES string of the molecule is CC=CP(OS(=O)(=O)ON1C(=O)N2CC(c3cnoc3)=CC1C2)(c1ccccc1)(c1ccccc1)c1ccccc1. The second-order valence-corrected chi connectivity index (χ2v) is 15.4. The molecule has 2 amide bonds. The Morgan fingerprint density at radius 1 is 0.927 bits per heavy atom. The third-order valence-electron chi connectivity index (χ3n) is 7.38. The Morgan fingerprint density at radius 3 is 1.98 bits per heavy atom. The van der Waals surface area contributed by atoms with E-state index in [-0.39, 0.29) is 13.1 Å². The summed E-state index contributed by atoms with van der Waals surface area (Å²) in [6, 6.07) is 26.6. The Labute approximate surface area is 238 Å². The molecule has 1 atom stereocenters. The van der Waals surface area contributed by atoms with E-state index in [9.17, 15) is 13.2 Å². The van der Waals surface area contributed by atoms with E-state index in [1.165, 1.54) is 11.2 Å². The third-order valence-corrected chi connectivity index (χ3v) is 14.5. The van der Waals surface area contributed by atoms with E-state index in [1.807, 2.05) is 104 Å². The van der Waals surface area contributed by atoms with Crippen LogP contribution in [0.4, 0.5) is 4.79 Å². The first-order chi connectivity index (χ1) is 19.9. The Kier molecular flexibility index (Phi) is 6.87. The summed E-state index contributed by atoms with van der Waals surface area (Å²) in [5.41, 5.74) is 1.50. The molecule has 3 heterocycles. The van der Waals surface area contributed by atoms with Crippen LogP contribution < -0.4 is 15.9 Å². The summed E-state index contributed by atoms with van der Waals surface area (Å²) in [5, 5.41) is 6.58. The number of hydrogen-bond acceptors (Lipinski definition) is 7. The molecular weight excluding hydrogens is 561 g/mol. The molecule has 1 fully saturated rings. The monoisotopic (exact) mass is 589 g/mol. The number of urea groups is 1. The average molecular weight is 590 g/mol. The summed E-state index contributed by atoms with van der Waals surface area (Å²) >= 11 is 0. The van der Waals surface area contributed by atoms with Gasteiger partial charge in [0.25, 0.3) is 0 Å². The van der Waals surface area contributed by atoms with E-state index in [0.29, 0.717) is 21.5 Å². The van der Waals surface area contributed by atoms with Gasteiger partial charge in [0, 0.05) is 0 Å².